The molecule has 0 amide bonds. The van der Waals surface area contributed by atoms with Crippen LogP contribution in [0.1, 0.15) is 11.1 Å². The number of fused-ring (bicyclic) bond motifs is 1. The van der Waals surface area contributed by atoms with E-state index in [0.29, 0.717) is 11.8 Å². The highest BCUT2D eigenvalue weighted by molar-refractivity contribution is 6.10. The molecule has 4 rings (SSSR count). The lowest BCUT2D eigenvalue weighted by molar-refractivity contribution is 0.414. The minimum absolute atomic E-state index is 0.483. The van der Waals surface area contributed by atoms with Gasteiger partial charge >= 0.3 is 0 Å². The third-order valence-corrected chi connectivity index (χ3v) is 4.19. The summed E-state index contributed by atoms with van der Waals surface area (Å²) in [5.41, 5.74) is 3.20. The second-order valence-corrected chi connectivity index (χ2v) is 5.88. The highest BCUT2D eigenvalue weighted by Crippen LogP contribution is 2.32. The standard InChI is InChI=1S/C22H18N2O3/c1-25-17-11-7-15(8-12-17)21-23-19-5-3-4-6-20(19)24-22(27-21)16-9-13-18(26-2)14-10-16/h3-14H,1-2H3. The maximum absolute atomic E-state index is 6.13. The molecule has 0 aliphatic carbocycles. The van der Waals surface area contributed by atoms with Crippen LogP contribution < -0.4 is 9.47 Å². The number of nitrogens with zero attached hydrogens (tertiary/aromatic N) is 2. The zero-order chi connectivity index (χ0) is 18.6. The molecular formula is C22H18N2O3. The van der Waals surface area contributed by atoms with E-state index in [-0.39, 0.29) is 0 Å². The number of aliphatic imine (C=N–C) groups is 2. The molecule has 0 saturated heterocycles. The smallest absolute Gasteiger partial charge is 0.229 e. The molecule has 0 fully saturated rings. The van der Waals surface area contributed by atoms with E-state index < -0.39 is 0 Å². The summed E-state index contributed by atoms with van der Waals surface area (Å²) >= 11 is 0. The molecular weight excluding hydrogens is 340 g/mol. The first-order chi connectivity index (χ1) is 13.3. The van der Waals surface area contributed by atoms with Crippen LogP contribution in [0.25, 0.3) is 0 Å². The zero-order valence-corrected chi connectivity index (χ0v) is 15.0. The van der Waals surface area contributed by atoms with Crippen molar-refractivity contribution in [2.45, 2.75) is 0 Å². The van der Waals surface area contributed by atoms with Crippen LogP contribution in [0.15, 0.2) is 82.8 Å². The highest BCUT2D eigenvalue weighted by Gasteiger charge is 2.18. The average Bonchev–Trinajstić information content (AvgIpc) is 2.93. The van der Waals surface area contributed by atoms with Crippen LogP contribution in [0.2, 0.25) is 0 Å². The summed E-state index contributed by atoms with van der Waals surface area (Å²) in [6.07, 6.45) is 0. The number of ether oxygens (including phenoxy) is 3. The molecule has 27 heavy (non-hydrogen) atoms. The summed E-state index contributed by atoms with van der Waals surface area (Å²) < 4.78 is 16.6. The maximum atomic E-state index is 6.13. The molecule has 1 heterocycles. The molecule has 0 saturated carbocycles. The molecule has 5 heteroatoms. The Labute approximate surface area is 157 Å². The van der Waals surface area contributed by atoms with E-state index in [9.17, 15) is 0 Å². The molecule has 0 spiro atoms. The van der Waals surface area contributed by atoms with Gasteiger partial charge in [-0.3, -0.25) is 0 Å². The largest absolute Gasteiger partial charge is 0.497 e. The summed E-state index contributed by atoms with van der Waals surface area (Å²) in [5.74, 6) is 2.52. The molecule has 3 aromatic carbocycles. The van der Waals surface area contributed by atoms with Crippen LogP contribution in [-0.2, 0) is 4.74 Å². The van der Waals surface area contributed by atoms with Gasteiger partial charge in [-0.1, -0.05) is 12.1 Å². The van der Waals surface area contributed by atoms with Crippen LogP contribution in [0.4, 0.5) is 11.4 Å². The molecule has 0 unspecified atom stereocenters. The van der Waals surface area contributed by atoms with E-state index in [4.69, 9.17) is 14.2 Å². The van der Waals surface area contributed by atoms with Crippen molar-refractivity contribution in [3.05, 3.63) is 83.9 Å². The number of hydrogen-bond acceptors (Lipinski definition) is 5. The van der Waals surface area contributed by atoms with Crippen molar-refractivity contribution < 1.29 is 14.2 Å². The summed E-state index contributed by atoms with van der Waals surface area (Å²) in [6.45, 7) is 0. The van der Waals surface area contributed by atoms with Crippen LogP contribution in [0, 0.1) is 0 Å². The number of methoxy groups -OCH3 is 2. The fraction of sp³-hybridized carbons (Fsp3) is 0.0909. The van der Waals surface area contributed by atoms with Gasteiger partial charge in [-0.15, -0.1) is 0 Å². The number of benzene rings is 3. The van der Waals surface area contributed by atoms with Crippen molar-refractivity contribution in [3.8, 4) is 11.5 Å². The van der Waals surface area contributed by atoms with Gasteiger partial charge in [0, 0.05) is 11.1 Å². The Morgan fingerprint density at radius 3 is 1.37 bits per heavy atom. The molecule has 0 aromatic heterocycles. The average molecular weight is 358 g/mol. The van der Waals surface area contributed by atoms with Crippen molar-refractivity contribution in [2.75, 3.05) is 14.2 Å². The number of rotatable bonds is 4. The van der Waals surface area contributed by atoms with E-state index in [1.807, 2.05) is 72.8 Å². The summed E-state index contributed by atoms with van der Waals surface area (Å²) in [7, 11) is 3.28. The lowest BCUT2D eigenvalue weighted by Crippen LogP contribution is -2.14. The van der Waals surface area contributed by atoms with Crippen molar-refractivity contribution in [3.63, 3.8) is 0 Å². The van der Waals surface area contributed by atoms with Crippen LogP contribution in [0.3, 0.4) is 0 Å². The van der Waals surface area contributed by atoms with Crippen molar-refractivity contribution in [2.24, 2.45) is 9.98 Å². The molecule has 0 atom stereocenters. The molecule has 134 valence electrons. The Balaban J connectivity index is 1.78. The Morgan fingerprint density at radius 1 is 0.593 bits per heavy atom. The monoisotopic (exact) mass is 358 g/mol. The molecule has 0 bridgehead atoms. The van der Waals surface area contributed by atoms with Gasteiger partial charge in [0.05, 0.1) is 25.6 Å². The second kappa shape index (κ2) is 7.33. The van der Waals surface area contributed by atoms with Crippen LogP contribution in [0.5, 0.6) is 11.5 Å². The van der Waals surface area contributed by atoms with Gasteiger partial charge in [0.25, 0.3) is 0 Å². The third-order valence-electron chi connectivity index (χ3n) is 4.19. The Bertz CT molecular complexity index is 924. The molecule has 5 nitrogen and oxygen atoms in total. The van der Waals surface area contributed by atoms with Gasteiger partial charge in [0.2, 0.25) is 11.8 Å². The molecule has 0 radical (unpaired) electrons. The molecule has 1 aliphatic rings. The van der Waals surface area contributed by atoms with Gasteiger partial charge in [0.1, 0.15) is 11.5 Å². The Kier molecular flexibility index (Phi) is 4.58. The first kappa shape index (κ1) is 16.8. The Hall–Kier alpha value is -3.60. The summed E-state index contributed by atoms with van der Waals surface area (Å²) in [4.78, 5) is 9.38. The van der Waals surface area contributed by atoms with E-state index >= 15 is 0 Å². The van der Waals surface area contributed by atoms with Gasteiger partial charge in [-0.25, -0.2) is 9.98 Å². The fourth-order valence-electron chi connectivity index (χ4n) is 2.72. The van der Waals surface area contributed by atoms with Crippen molar-refractivity contribution in [1.29, 1.82) is 0 Å². The topological polar surface area (TPSA) is 52.4 Å². The predicted octanol–water partition coefficient (Wildman–Crippen LogP) is 4.89. The lowest BCUT2D eigenvalue weighted by atomic mass is 10.2. The van der Waals surface area contributed by atoms with E-state index in [1.54, 1.807) is 14.2 Å². The fourth-order valence-corrected chi connectivity index (χ4v) is 2.72. The van der Waals surface area contributed by atoms with Crippen molar-refractivity contribution >= 4 is 23.2 Å². The van der Waals surface area contributed by atoms with Crippen LogP contribution in [-0.4, -0.2) is 26.0 Å². The second-order valence-electron chi connectivity index (χ2n) is 5.88. The molecule has 3 aromatic rings. The quantitative estimate of drug-likeness (QED) is 0.667. The summed E-state index contributed by atoms with van der Waals surface area (Å²) in [5, 5.41) is 0. The number of hydrogen-bond donors (Lipinski definition) is 0. The van der Waals surface area contributed by atoms with Gasteiger partial charge in [-0.05, 0) is 60.7 Å². The van der Waals surface area contributed by atoms with Gasteiger partial charge < -0.3 is 14.2 Å². The molecule has 0 N–H and O–H groups in total. The molecule has 1 aliphatic heterocycles. The van der Waals surface area contributed by atoms with Gasteiger partial charge in [-0.2, -0.15) is 0 Å². The zero-order valence-electron chi connectivity index (χ0n) is 15.0. The van der Waals surface area contributed by atoms with Crippen LogP contribution >= 0.6 is 0 Å². The first-order valence-electron chi connectivity index (χ1n) is 8.50. The van der Waals surface area contributed by atoms with E-state index in [2.05, 4.69) is 9.98 Å². The predicted molar refractivity (Wildman–Crippen MR) is 106 cm³/mol. The van der Waals surface area contributed by atoms with E-state index in [1.165, 1.54) is 0 Å². The lowest BCUT2D eigenvalue weighted by Gasteiger charge is -2.10. The van der Waals surface area contributed by atoms with Gasteiger partial charge in [0.15, 0.2) is 0 Å². The van der Waals surface area contributed by atoms with Crippen molar-refractivity contribution in [1.82, 2.24) is 0 Å². The Morgan fingerprint density at radius 2 is 1.00 bits per heavy atom. The normalized spacial score (nSPS) is 12.8. The minimum Gasteiger partial charge on any atom is -0.497 e. The number of para-hydroxylation sites is 2. The minimum atomic E-state index is 0.483. The maximum Gasteiger partial charge on any atom is 0.229 e. The third kappa shape index (κ3) is 3.53. The first-order valence-corrected chi connectivity index (χ1v) is 8.50. The summed E-state index contributed by atoms with van der Waals surface area (Å²) in [6, 6.07) is 22.9. The highest BCUT2D eigenvalue weighted by atomic mass is 16.5. The van der Waals surface area contributed by atoms with E-state index in [0.717, 1.165) is 34.0 Å². The SMILES string of the molecule is COc1ccc(C2=Nc3ccccc3N=C(c3ccc(OC)cc3)O2)cc1.